The molecule has 0 aromatic heterocycles. The summed E-state index contributed by atoms with van der Waals surface area (Å²) >= 11 is 0. The highest BCUT2D eigenvalue weighted by Gasteiger charge is 2.24. The first kappa shape index (κ1) is 19.6. The van der Waals surface area contributed by atoms with Gasteiger partial charge < -0.3 is 15.4 Å². The van der Waals surface area contributed by atoms with Crippen molar-refractivity contribution in [2.24, 2.45) is 0 Å². The van der Waals surface area contributed by atoms with Crippen molar-refractivity contribution >= 4 is 22.9 Å². The van der Waals surface area contributed by atoms with Gasteiger partial charge in [-0.25, -0.2) is 4.39 Å². The number of unbranched alkanes of at least 4 members (excludes halogenated alkanes) is 1. The van der Waals surface area contributed by atoms with Crippen LogP contribution in [0.25, 0.3) is 5.57 Å². The van der Waals surface area contributed by atoms with E-state index in [1.165, 1.54) is 30.5 Å². The number of amides is 1. The zero-order valence-corrected chi connectivity index (χ0v) is 16.4. The van der Waals surface area contributed by atoms with Crippen LogP contribution in [-0.4, -0.2) is 43.7 Å². The van der Waals surface area contributed by atoms with Gasteiger partial charge in [-0.1, -0.05) is 12.1 Å². The minimum absolute atomic E-state index is 0.227. The average Bonchev–Trinajstić information content (AvgIpc) is 3.05. The molecular formula is C23H26FN3O2. The zero-order valence-electron chi connectivity index (χ0n) is 16.4. The van der Waals surface area contributed by atoms with E-state index in [2.05, 4.69) is 27.7 Å². The van der Waals surface area contributed by atoms with E-state index >= 15 is 0 Å². The fourth-order valence-corrected chi connectivity index (χ4v) is 3.72. The summed E-state index contributed by atoms with van der Waals surface area (Å²) in [4.78, 5) is 14.6. The van der Waals surface area contributed by atoms with Gasteiger partial charge in [0, 0.05) is 30.5 Å². The van der Waals surface area contributed by atoms with E-state index in [9.17, 15) is 9.18 Å². The second kappa shape index (κ2) is 9.20. The monoisotopic (exact) mass is 395 g/mol. The van der Waals surface area contributed by atoms with Gasteiger partial charge in [-0.2, -0.15) is 0 Å². The fraction of sp³-hybridized carbons (Fsp3) is 0.348. The number of hydrogen-bond acceptors (Lipinski definition) is 4. The number of carbonyl (C=O) groups is 1. The molecule has 0 radical (unpaired) electrons. The number of hydrogen-bond donors (Lipinski definition) is 2. The third-order valence-electron chi connectivity index (χ3n) is 5.40. The topological polar surface area (TPSA) is 53.6 Å². The molecule has 2 aliphatic heterocycles. The number of fused-ring (bicyclic) bond motifs is 1. The summed E-state index contributed by atoms with van der Waals surface area (Å²) in [5.41, 5.74) is 3.95. The van der Waals surface area contributed by atoms with Crippen LogP contribution >= 0.6 is 0 Å². The minimum atomic E-state index is -0.362. The smallest absolute Gasteiger partial charge is 0.257 e. The Bertz CT molecular complexity index is 889. The number of morpholine rings is 1. The lowest BCUT2D eigenvalue weighted by Crippen LogP contribution is -2.36. The van der Waals surface area contributed by atoms with Crippen molar-refractivity contribution in [3.05, 3.63) is 65.6 Å². The number of rotatable bonds is 7. The number of halogens is 1. The normalized spacial score (nSPS) is 18.0. The number of carbonyl (C=O) groups excluding carboxylic acids is 1. The van der Waals surface area contributed by atoms with Gasteiger partial charge in [0.25, 0.3) is 5.91 Å². The largest absolute Gasteiger partial charge is 0.379 e. The number of aryl methyl sites for hydroxylation is 1. The summed E-state index contributed by atoms with van der Waals surface area (Å²) in [6, 6.07) is 12.6. The molecule has 1 saturated heterocycles. The lowest BCUT2D eigenvalue weighted by atomic mass is 10.1. The lowest BCUT2D eigenvalue weighted by molar-refractivity contribution is -0.110. The Hall–Kier alpha value is -2.70. The third-order valence-corrected chi connectivity index (χ3v) is 5.40. The Morgan fingerprint density at radius 3 is 2.69 bits per heavy atom. The molecule has 0 spiro atoms. The summed E-state index contributed by atoms with van der Waals surface area (Å²) in [5.74, 6) is -0.589. The predicted octanol–water partition coefficient (Wildman–Crippen LogP) is 3.89. The summed E-state index contributed by atoms with van der Waals surface area (Å²) < 4.78 is 18.7. The van der Waals surface area contributed by atoms with Crippen LogP contribution in [0.4, 0.5) is 15.8 Å². The van der Waals surface area contributed by atoms with Crippen LogP contribution in [-0.2, 0) is 16.0 Å². The fourth-order valence-electron chi connectivity index (χ4n) is 3.72. The number of ether oxygens (including phenoxy) is 1. The SMILES string of the molecule is O=C1Nc2cc(F)ccc2/C1=C\Nc1ccc(CCCCN2CCOCC2)cc1. The van der Waals surface area contributed by atoms with Gasteiger partial charge >= 0.3 is 0 Å². The third kappa shape index (κ3) is 5.02. The van der Waals surface area contributed by atoms with Crippen molar-refractivity contribution in [2.45, 2.75) is 19.3 Å². The molecule has 1 amide bonds. The van der Waals surface area contributed by atoms with E-state index in [0.29, 0.717) is 16.8 Å². The van der Waals surface area contributed by atoms with Crippen molar-refractivity contribution in [3.63, 3.8) is 0 Å². The molecule has 2 aromatic rings. The average molecular weight is 395 g/mol. The standard InChI is InChI=1S/C23H26FN3O2/c24-18-6-9-20-21(23(28)26-22(20)15-18)16-25-19-7-4-17(5-8-19)3-1-2-10-27-11-13-29-14-12-27/h4-9,15-16,25H,1-3,10-14H2,(H,26,28)/b21-16+. The predicted molar refractivity (Wildman–Crippen MR) is 113 cm³/mol. The van der Waals surface area contributed by atoms with Gasteiger partial charge in [0.05, 0.1) is 24.5 Å². The second-order valence-electron chi connectivity index (χ2n) is 7.45. The summed E-state index contributed by atoms with van der Waals surface area (Å²) in [6.45, 7) is 4.95. The first-order valence-electron chi connectivity index (χ1n) is 10.2. The van der Waals surface area contributed by atoms with E-state index in [1.807, 2.05) is 12.1 Å². The van der Waals surface area contributed by atoms with E-state index in [1.54, 1.807) is 12.3 Å². The molecular weight excluding hydrogens is 369 g/mol. The Morgan fingerprint density at radius 2 is 1.90 bits per heavy atom. The molecule has 29 heavy (non-hydrogen) atoms. The first-order valence-corrected chi connectivity index (χ1v) is 10.2. The first-order chi connectivity index (χ1) is 14.2. The lowest BCUT2D eigenvalue weighted by Gasteiger charge is -2.26. The number of anilines is 2. The van der Waals surface area contributed by atoms with Crippen LogP contribution in [0, 0.1) is 5.82 Å². The van der Waals surface area contributed by atoms with E-state index in [0.717, 1.165) is 45.0 Å². The molecule has 0 bridgehead atoms. The number of nitrogens with zero attached hydrogens (tertiary/aromatic N) is 1. The summed E-state index contributed by atoms with van der Waals surface area (Å²) in [7, 11) is 0. The van der Waals surface area contributed by atoms with Crippen LogP contribution in [0.15, 0.2) is 48.7 Å². The molecule has 152 valence electrons. The second-order valence-corrected chi connectivity index (χ2v) is 7.45. The van der Waals surface area contributed by atoms with Crippen LogP contribution in [0.3, 0.4) is 0 Å². The molecule has 5 nitrogen and oxygen atoms in total. The number of benzene rings is 2. The Balaban J connectivity index is 1.27. The molecule has 0 saturated carbocycles. The molecule has 1 fully saturated rings. The van der Waals surface area contributed by atoms with Crippen molar-refractivity contribution < 1.29 is 13.9 Å². The van der Waals surface area contributed by atoms with Gasteiger partial charge in [-0.3, -0.25) is 9.69 Å². The van der Waals surface area contributed by atoms with Gasteiger partial charge in [0.15, 0.2) is 0 Å². The molecule has 2 N–H and O–H groups in total. The Labute approximate surface area is 170 Å². The molecule has 0 aliphatic carbocycles. The van der Waals surface area contributed by atoms with E-state index in [-0.39, 0.29) is 11.7 Å². The summed E-state index contributed by atoms with van der Waals surface area (Å²) in [5, 5.41) is 5.86. The van der Waals surface area contributed by atoms with E-state index < -0.39 is 0 Å². The van der Waals surface area contributed by atoms with Crippen LogP contribution in [0.1, 0.15) is 24.0 Å². The van der Waals surface area contributed by atoms with Crippen molar-refractivity contribution in [3.8, 4) is 0 Å². The molecule has 2 aromatic carbocycles. The Morgan fingerprint density at radius 1 is 1.10 bits per heavy atom. The minimum Gasteiger partial charge on any atom is -0.379 e. The zero-order chi connectivity index (χ0) is 20.1. The maximum Gasteiger partial charge on any atom is 0.257 e. The molecule has 0 unspecified atom stereocenters. The van der Waals surface area contributed by atoms with Crippen LogP contribution < -0.4 is 10.6 Å². The van der Waals surface area contributed by atoms with E-state index in [4.69, 9.17) is 4.74 Å². The highest BCUT2D eigenvalue weighted by Crippen LogP contribution is 2.32. The van der Waals surface area contributed by atoms with Gasteiger partial charge in [0.1, 0.15) is 5.82 Å². The van der Waals surface area contributed by atoms with Crippen molar-refractivity contribution in [2.75, 3.05) is 43.5 Å². The Kier molecular flexibility index (Phi) is 6.22. The van der Waals surface area contributed by atoms with Crippen molar-refractivity contribution in [1.82, 2.24) is 4.90 Å². The molecule has 2 heterocycles. The molecule has 2 aliphatic rings. The van der Waals surface area contributed by atoms with Crippen LogP contribution in [0.5, 0.6) is 0 Å². The van der Waals surface area contributed by atoms with Gasteiger partial charge in [0.2, 0.25) is 0 Å². The highest BCUT2D eigenvalue weighted by molar-refractivity contribution is 6.31. The van der Waals surface area contributed by atoms with Gasteiger partial charge in [-0.15, -0.1) is 0 Å². The summed E-state index contributed by atoms with van der Waals surface area (Å²) in [6.07, 6.45) is 5.10. The quantitative estimate of drug-likeness (QED) is 0.552. The highest BCUT2D eigenvalue weighted by atomic mass is 19.1. The molecule has 6 heteroatoms. The molecule has 0 atom stereocenters. The van der Waals surface area contributed by atoms with Crippen molar-refractivity contribution in [1.29, 1.82) is 0 Å². The maximum atomic E-state index is 13.3. The molecule has 4 rings (SSSR count). The van der Waals surface area contributed by atoms with Gasteiger partial charge in [-0.05, 0) is 61.7 Å². The maximum absolute atomic E-state index is 13.3. The number of nitrogens with one attached hydrogen (secondary N) is 2. The van der Waals surface area contributed by atoms with Crippen LogP contribution in [0.2, 0.25) is 0 Å².